The minimum atomic E-state index is -0.0118. The fourth-order valence-corrected chi connectivity index (χ4v) is 2.32. The Kier molecular flexibility index (Phi) is 3.01. The molecule has 0 saturated heterocycles. The van der Waals surface area contributed by atoms with Crippen molar-refractivity contribution in [3.8, 4) is 0 Å². The lowest BCUT2D eigenvalue weighted by Gasteiger charge is -2.12. The van der Waals surface area contributed by atoms with Crippen molar-refractivity contribution in [2.75, 3.05) is 7.05 Å². The number of aryl methyl sites for hydroxylation is 1. The Labute approximate surface area is 111 Å². The normalized spacial score (nSPS) is 12.7. The van der Waals surface area contributed by atoms with Crippen molar-refractivity contribution in [3.63, 3.8) is 0 Å². The predicted molar refractivity (Wildman–Crippen MR) is 73.9 cm³/mol. The van der Waals surface area contributed by atoms with E-state index in [1.165, 1.54) is 0 Å². The van der Waals surface area contributed by atoms with E-state index >= 15 is 0 Å². The second kappa shape index (κ2) is 4.82. The molecular weight excluding hydrogens is 238 g/mol. The van der Waals surface area contributed by atoms with Gasteiger partial charge in [-0.2, -0.15) is 10.2 Å². The molecule has 1 aromatic carbocycles. The molecule has 0 amide bonds. The van der Waals surface area contributed by atoms with Gasteiger partial charge in [0.05, 0.1) is 12.2 Å². The van der Waals surface area contributed by atoms with E-state index in [1.54, 1.807) is 12.4 Å². The van der Waals surface area contributed by atoms with Crippen LogP contribution in [0.2, 0.25) is 0 Å². The number of nitrogens with zero attached hydrogens (tertiary/aromatic N) is 2. The van der Waals surface area contributed by atoms with E-state index in [-0.39, 0.29) is 6.04 Å². The van der Waals surface area contributed by atoms with Crippen LogP contribution < -0.4 is 5.32 Å². The number of hydrogen-bond acceptors (Lipinski definition) is 4. The van der Waals surface area contributed by atoms with Gasteiger partial charge in [-0.05, 0) is 37.2 Å². The van der Waals surface area contributed by atoms with Gasteiger partial charge in [0.25, 0.3) is 0 Å². The molecule has 19 heavy (non-hydrogen) atoms. The minimum Gasteiger partial charge on any atom is -0.459 e. The summed E-state index contributed by atoms with van der Waals surface area (Å²) < 4.78 is 6.00. The first-order valence-electron chi connectivity index (χ1n) is 6.22. The van der Waals surface area contributed by atoms with Crippen LogP contribution in [0.15, 0.2) is 47.1 Å². The molecule has 1 N–H and O–H groups in total. The molecule has 4 nitrogen and oxygen atoms in total. The Balaban J connectivity index is 2.09. The molecule has 1 atom stereocenters. The van der Waals surface area contributed by atoms with Crippen LogP contribution in [-0.2, 0) is 0 Å². The summed E-state index contributed by atoms with van der Waals surface area (Å²) in [7, 11) is 1.91. The van der Waals surface area contributed by atoms with E-state index in [4.69, 9.17) is 4.42 Å². The van der Waals surface area contributed by atoms with Gasteiger partial charge in [-0.1, -0.05) is 18.2 Å². The van der Waals surface area contributed by atoms with Crippen LogP contribution in [0.1, 0.15) is 22.9 Å². The average Bonchev–Trinajstić information content (AvgIpc) is 2.86. The maximum absolute atomic E-state index is 6.00. The summed E-state index contributed by atoms with van der Waals surface area (Å²) in [6.45, 7) is 2.05. The summed E-state index contributed by atoms with van der Waals surface area (Å²) in [5, 5.41) is 12.1. The number of benzene rings is 1. The fraction of sp³-hybridized carbons (Fsp3) is 0.200. The highest BCUT2D eigenvalue weighted by Gasteiger charge is 2.17. The molecule has 0 bridgehead atoms. The van der Waals surface area contributed by atoms with E-state index < -0.39 is 0 Å². The van der Waals surface area contributed by atoms with Crippen molar-refractivity contribution in [3.05, 3.63) is 59.6 Å². The highest BCUT2D eigenvalue weighted by Crippen LogP contribution is 2.29. The van der Waals surface area contributed by atoms with Gasteiger partial charge in [-0.3, -0.25) is 0 Å². The van der Waals surface area contributed by atoms with Crippen LogP contribution in [0.4, 0.5) is 0 Å². The molecule has 0 aliphatic heterocycles. The van der Waals surface area contributed by atoms with Gasteiger partial charge >= 0.3 is 0 Å². The molecule has 0 saturated carbocycles. The Hall–Kier alpha value is -2.20. The summed E-state index contributed by atoms with van der Waals surface area (Å²) in [5.41, 5.74) is 3.13. The van der Waals surface area contributed by atoms with Crippen LogP contribution in [0.25, 0.3) is 11.0 Å². The molecule has 2 heterocycles. The second-order valence-corrected chi connectivity index (χ2v) is 4.54. The molecule has 2 aromatic heterocycles. The van der Waals surface area contributed by atoms with Crippen molar-refractivity contribution < 1.29 is 4.42 Å². The molecule has 1 unspecified atom stereocenters. The SMILES string of the molecule is CNC(c1ccnnc1)c1cc2cccc(C)c2o1. The molecule has 0 fully saturated rings. The van der Waals surface area contributed by atoms with Crippen molar-refractivity contribution >= 4 is 11.0 Å². The Bertz CT molecular complexity index is 691. The first-order valence-corrected chi connectivity index (χ1v) is 6.22. The minimum absolute atomic E-state index is 0.0118. The molecule has 96 valence electrons. The molecular formula is C15H15N3O. The molecule has 4 heteroatoms. The molecule has 0 aliphatic carbocycles. The third-order valence-corrected chi connectivity index (χ3v) is 3.27. The van der Waals surface area contributed by atoms with Gasteiger partial charge in [-0.25, -0.2) is 0 Å². The summed E-state index contributed by atoms with van der Waals surface area (Å²) in [6.07, 6.45) is 3.44. The monoisotopic (exact) mass is 253 g/mol. The summed E-state index contributed by atoms with van der Waals surface area (Å²) in [6, 6.07) is 10.2. The Morgan fingerprint density at radius 2 is 2.11 bits per heavy atom. The zero-order chi connectivity index (χ0) is 13.2. The second-order valence-electron chi connectivity index (χ2n) is 4.54. The Morgan fingerprint density at radius 3 is 2.79 bits per heavy atom. The number of aromatic nitrogens is 2. The Morgan fingerprint density at radius 1 is 1.21 bits per heavy atom. The topological polar surface area (TPSA) is 51.0 Å². The van der Waals surface area contributed by atoms with Crippen molar-refractivity contribution in [2.24, 2.45) is 0 Å². The third kappa shape index (κ3) is 2.11. The van der Waals surface area contributed by atoms with E-state index in [0.29, 0.717) is 0 Å². The van der Waals surface area contributed by atoms with Crippen LogP contribution in [-0.4, -0.2) is 17.2 Å². The number of hydrogen-bond donors (Lipinski definition) is 1. The summed E-state index contributed by atoms with van der Waals surface area (Å²) >= 11 is 0. The van der Waals surface area contributed by atoms with Crippen molar-refractivity contribution in [1.29, 1.82) is 0 Å². The van der Waals surface area contributed by atoms with E-state index in [9.17, 15) is 0 Å². The molecule has 0 spiro atoms. The first-order chi connectivity index (χ1) is 9.29. The summed E-state index contributed by atoms with van der Waals surface area (Å²) in [5.74, 6) is 0.889. The van der Waals surface area contributed by atoms with Crippen LogP contribution in [0.5, 0.6) is 0 Å². The number of para-hydroxylation sites is 1. The summed E-state index contributed by atoms with van der Waals surface area (Å²) in [4.78, 5) is 0. The van der Waals surface area contributed by atoms with Gasteiger partial charge in [0, 0.05) is 11.6 Å². The fourth-order valence-electron chi connectivity index (χ4n) is 2.32. The number of nitrogens with one attached hydrogen (secondary N) is 1. The third-order valence-electron chi connectivity index (χ3n) is 3.27. The maximum Gasteiger partial charge on any atom is 0.137 e. The van der Waals surface area contributed by atoms with Crippen LogP contribution in [0, 0.1) is 6.92 Å². The predicted octanol–water partition coefficient (Wildman–Crippen LogP) is 2.84. The standard InChI is InChI=1S/C15H15N3O/c1-10-4-3-5-11-8-13(19-15(10)11)14(16-2)12-6-7-17-18-9-12/h3-9,14,16H,1-2H3. The molecule has 0 aliphatic rings. The largest absolute Gasteiger partial charge is 0.459 e. The number of furan rings is 1. The molecule has 3 rings (SSSR count). The van der Waals surface area contributed by atoms with Crippen molar-refractivity contribution in [2.45, 2.75) is 13.0 Å². The first kappa shape index (κ1) is 11.9. The lowest BCUT2D eigenvalue weighted by molar-refractivity contribution is 0.489. The zero-order valence-electron chi connectivity index (χ0n) is 10.9. The van der Waals surface area contributed by atoms with Crippen molar-refractivity contribution in [1.82, 2.24) is 15.5 Å². The number of fused-ring (bicyclic) bond motifs is 1. The van der Waals surface area contributed by atoms with Gasteiger partial charge in [0.15, 0.2) is 0 Å². The highest BCUT2D eigenvalue weighted by molar-refractivity contribution is 5.81. The average molecular weight is 253 g/mol. The maximum atomic E-state index is 6.00. The van der Waals surface area contributed by atoms with E-state index in [2.05, 4.69) is 40.6 Å². The van der Waals surface area contributed by atoms with Gasteiger partial charge in [0.2, 0.25) is 0 Å². The van der Waals surface area contributed by atoms with Crippen LogP contribution in [0.3, 0.4) is 0 Å². The van der Waals surface area contributed by atoms with Crippen LogP contribution >= 0.6 is 0 Å². The molecule has 3 aromatic rings. The zero-order valence-corrected chi connectivity index (χ0v) is 10.9. The molecule has 0 radical (unpaired) electrons. The quantitative estimate of drug-likeness (QED) is 0.779. The van der Waals surface area contributed by atoms with Gasteiger partial charge in [0.1, 0.15) is 11.3 Å². The van der Waals surface area contributed by atoms with Gasteiger partial charge < -0.3 is 9.73 Å². The van der Waals surface area contributed by atoms with Gasteiger partial charge in [-0.15, -0.1) is 0 Å². The lowest BCUT2D eigenvalue weighted by Crippen LogP contribution is -2.17. The van der Waals surface area contributed by atoms with E-state index in [0.717, 1.165) is 27.9 Å². The smallest absolute Gasteiger partial charge is 0.137 e. The lowest BCUT2D eigenvalue weighted by atomic mass is 10.1. The number of rotatable bonds is 3. The van der Waals surface area contributed by atoms with E-state index in [1.807, 2.05) is 19.2 Å². The highest BCUT2D eigenvalue weighted by atomic mass is 16.3.